The van der Waals surface area contributed by atoms with E-state index in [4.69, 9.17) is 5.26 Å². The van der Waals surface area contributed by atoms with Crippen LogP contribution in [0.5, 0.6) is 0 Å². The highest BCUT2D eigenvalue weighted by Gasteiger charge is 2.00. The van der Waals surface area contributed by atoms with Gasteiger partial charge in [0.2, 0.25) is 0 Å². The first-order chi connectivity index (χ1) is 6.27. The Morgan fingerprint density at radius 1 is 1.62 bits per heavy atom. The van der Waals surface area contributed by atoms with Gasteiger partial charge in [0, 0.05) is 11.0 Å². The van der Waals surface area contributed by atoms with Crippen molar-refractivity contribution < 1.29 is 0 Å². The van der Waals surface area contributed by atoms with Gasteiger partial charge in [0.1, 0.15) is 6.07 Å². The van der Waals surface area contributed by atoms with Crippen LogP contribution in [-0.2, 0) is 0 Å². The zero-order valence-electron chi connectivity index (χ0n) is 7.05. The Kier molecular flexibility index (Phi) is 3.53. The van der Waals surface area contributed by atoms with Gasteiger partial charge in [-0.15, -0.1) is 6.58 Å². The number of nitrogens with zero attached hydrogens (tertiary/aromatic N) is 1. The zero-order valence-corrected chi connectivity index (χ0v) is 8.63. The van der Waals surface area contributed by atoms with Gasteiger partial charge in [-0.25, -0.2) is 0 Å². The van der Waals surface area contributed by atoms with Crippen LogP contribution in [0.2, 0.25) is 0 Å². The fraction of sp³-hybridized carbons (Fsp3) is 0.100. The average Bonchev–Trinajstić information content (AvgIpc) is 2.15. The van der Waals surface area contributed by atoms with Crippen molar-refractivity contribution in [1.29, 1.82) is 5.26 Å². The van der Waals surface area contributed by atoms with Crippen LogP contribution in [0.25, 0.3) is 0 Å². The summed E-state index contributed by atoms with van der Waals surface area (Å²) < 4.78 is 0.957. The Labute approximate surface area is 86.0 Å². The van der Waals surface area contributed by atoms with E-state index in [2.05, 4.69) is 33.9 Å². The predicted molar refractivity (Wildman–Crippen MR) is 57.5 cm³/mol. The van der Waals surface area contributed by atoms with Crippen molar-refractivity contribution in [1.82, 2.24) is 0 Å². The number of benzene rings is 1. The predicted octanol–water partition coefficient (Wildman–Crippen LogP) is 2.92. The lowest BCUT2D eigenvalue weighted by atomic mass is 10.2. The fourth-order valence-corrected chi connectivity index (χ4v) is 1.30. The summed E-state index contributed by atoms with van der Waals surface area (Å²) in [5.41, 5.74) is 1.47. The molecule has 3 heteroatoms. The number of anilines is 1. The summed E-state index contributed by atoms with van der Waals surface area (Å²) in [7, 11) is 0. The molecule has 0 radical (unpaired) electrons. The largest absolute Gasteiger partial charge is 0.380 e. The zero-order chi connectivity index (χ0) is 9.68. The van der Waals surface area contributed by atoms with Crippen LogP contribution in [0.3, 0.4) is 0 Å². The van der Waals surface area contributed by atoms with E-state index in [1.807, 2.05) is 12.1 Å². The van der Waals surface area contributed by atoms with Gasteiger partial charge in [-0.05, 0) is 18.2 Å². The molecule has 66 valence electrons. The minimum Gasteiger partial charge on any atom is -0.380 e. The van der Waals surface area contributed by atoms with Crippen molar-refractivity contribution in [2.45, 2.75) is 0 Å². The van der Waals surface area contributed by atoms with E-state index < -0.39 is 0 Å². The third-order valence-electron chi connectivity index (χ3n) is 1.54. The summed E-state index contributed by atoms with van der Waals surface area (Å²) in [6, 6.07) is 7.61. The lowest BCUT2D eigenvalue weighted by molar-refractivity contribution is 1.32. The minimum absolute atomic E-state index is 0.644. The van der Waals surface area contributed by atoms with E-state index in [1.54, 1.807) is 12.1 Å². The van der Waals surface area contributed by atoms with Gasteiger partial charge in [0.25, 0.3) is 0 Å². The second-order valence-electron chi connectivity index (χ2n) is 2.47. The first kappa shape index (κ1) is 9.82. The van der Waals surface area contributed by atoms with Gasteiger partial charge < -0.3 is 5.32 Å². The Hall–Kier alpha value is -1.27. The summed E-state index contributed by atoms with van der Waals surface area (Å²) in [4.78, 5) is 0. The van der Waals surface area contributed by atoms with Crippen LogP contribution < -0.4 is 5.32 Å². The molecule has 0 fully saturated rings. The summed E-state index contributed by atoms with van der Waals surface area (Å²) in [5.74, 6) is 0. The third kappa shape index (κ3) is 2.60. The fourth-order valence-electron chi connectivity index (χ4n) is 0.942. The van der Waals surface area contributed by atoms with Gasteiger partial charge in [-0.2, -0.15) is 5.26 Å². The van der Waals surface area contributed by atoms with E-state index in [0.29, 0.717) is 12.1 Å². The SMILES string of the molecule is C=CCNc1cc(Br)ccc1C#N. The minimum atomic E-state index is 0.644. The maximum Gasteiger partial charge on any atom is 0.101 e. The van der Waals surface area contributed by atoms with Crippen molar-refractivity contribution in [3.05, 3.63) is 40.9 Å². The van der Waals surface area contributed by atoms with E-state index in [1.165, 1.54) is 0 Å². The maximum atomic E-state index is 8.78. The van der Waals surface area contributed by atoms with Crippen molar-refractivity contribution >= 4 is 21.6 Å². The molecule has 0 aliphatic rings. The molecule has 0 saturated heterocycles. The number of rotatable bonds is 3. The van der Waals surface area contributed by atoms with Crippen LogP contribution >= 0.6 is 15.9 Å². The Morgan fingerprint density at radius 2 is 2.38 bits per heavy atom. The number of nitriles is 1. The molecule has 0 saturated carbocycles. The molecule has 0 aromatic heterocycles. The third-order valence-corrected chi connectivity index (χ3v) is 2.03. The van der Waals surface area contributed by atoms with Gasteiger partial charge in [0.05, 0.1) is 11.3 Å². The monoisotopic (exact) mass is 236 g/mol. The molecule has 0 heterocycles. The molecule has 1 aromatic rings. The molecule has 0 aliphatic heterocycles. The van der Waals surface area contributed by atoms with Crippen molar-refractivity contribution in [3.8, 4) is 6.07 Å². The lowest BCUT2D eigenvalue weighted by Crippen LogP contribution is -1.99. The highest BCUT2D eigenvalue weighted by molar-refractivity contribution is 9.10. The molecule has 13 heavy (non-hydrogen) atoms. The smallest absolute Gasteiger partial charge is 0.101 e. The number of halogens is 1. The topological polar surface area (TPSA) is 35.8 Å². The molecule has 0 aliphatic carbocycles. The second-order valence-corrected chi connectivity index (χ2v) is 3.39. The molecule has 1 rings (SSSR count). The first-order valence-electron chi connectivity index (χ1n) is 3.82. The van der Waals surface area contributed by atoms with Crippen LogP contribution in [0.4, 0.5) is 5.69 Å². The highest BCUT2D eigenvalue weighted by Crippen LogP contribution is 2.20. The van der Waals surface area contributed by atoms with Crippen LogP contribution in [0.15, 0.2) is 35.3 Å². The molecular formula is C10H9BrN2. The van der Waals surface area contributed by atoms with Gasteiger partial charge >= 0.3 is 0 Å². The normalized spacial score (nSPS) is 8.92. The molecule has 0 atom stereocenters. The molecule has 1 aromatic carbocycles. The van der Waals surface area contributed by atoms with Crippen molar-refractivity contribution in [2.75, 3.05) is 11.9 Å². The Bertz CT molecular complexity index is 352. The average molecular weight is 237 g/mol. The Balaban J connectivity index is 2.95. The van der Waals surface area contributed by atoms with Crippen LogP contribution in [-0.4, -0.2) is 6.54 Å². The number of hydrogen-bond acceptors (Lipinski definition) is 2. The quantitative estimate of drug-likeness (QED) is 0.820. The summed E-state index contributed by atoms with van der Waals surface area (Å²) in [5, 5.41) is 11.9. The number of hydrogen-bond donors (Lipinski definition) is 1. The molecule has 0 spiro atoms. The van der Waals surface area contributed by atoms with Gasteiger partial charge in [-0.3, -0.25) is 0 Å². The van der Waals surface area contributed by atoms with Crippen molar-refractivity contribution in [3.63, 3.8) is 0 Å². The van der Waals surface area contributed by atoms with Crippen LogP contribution in [0.1, 0.15) is 5.56 Å². The van der Waals surface area contributed by atoms with Gasteiger partial charge in [-0.1, -0.05) is 22.0 Å². The number of nitrogens with one attached hydrogen (secondary N) is 1. The van der Waals surface area contributed by atoms with E-state index in [0.717, 1.165) is 10.2 Å². The molecule has 2 nitrogen and oxygen atoms in total. The highest BCUT2D eigenvalue weighted by atomic mass is 79.9. The molecule has 0 bridgehead atoms. The van der Waals surface area contributed by atoms with E-state index >= 15 is 0 Å². The standard InChI is InChI=1S/C10H9BrN2/c1-2-5-13-10-6-9(11)4-3-8(10)7-12/h2-4,6,13H,1,5H2. The van der Waals surface area contributed by atoms with Crippen LogP contribution in [0, 0.1) is 11.3 Å². The summed E-state index contributed by atoms with van der Waals surface area (Å²) in [6.45, 7) is 4.25. The van der Waals surface area contributed by atoms with Crippen molar-refractivity contribution in [2.24, 2.45) is 0 Å². The first-order valence-corrected chi connectivity index (χ1v) is 4.61. The summed E-state index contributed by atoms with van der Waals surface area (Å²) in [6.07, 6.45) is 1.75. The molecule has 0 unspecified atom stereocenters. The Morgan fingerprint density at radius 3 is 3.00 bits per heavy atom. The second kappa shape index (κ2) is 4.68. The van der Waals surface area contributed by atoms with Gasteiger partial charge in [0.15, 0.2) is 0 Å². The molecule has 0 amide bonds. The molecular weight excluding hydrogens is 228 g/mol. The molecule has 1 N–H and O–H groups in total. The maximum absolute atomic E-state index is 8.78. The summed E-state index contributed by atoms with van der Waals surface area (Å²) >= 11 is 3.34. The van der Waals surface area contributed by atoms with E-state index in [-0.39, 0.29) is 0 Å². The lowest BCUT2D eigenvalue weighted by Gasteiger charge is -2.05. The van der Waals surface area contributed by atoms with E-state index in [9.17, 15) is 0 Å².